The number of rotatable bonds is 6. The van der Waals surface area contributed by atoms with Gasteiger partial charge in [0.2, 0.25) is 0 Å². The number of hydrogen-bond donors (Lipinski definition) is 1. The first kappa shape index (κ1) is 16.0. The minimum atomic E-state index is -0.727. The van der Waals surface area contributed by atoms with Crippen LogP contribution in [-0.2, 0) is 11.3 Å². The highest BCUT2D eigenvalue weighted by atomic mass is 16.4. The SMILES string of the molecule is CC(C)N(Cc1ccccc1)[C@@H]1CCCN(CC(=O)O)C1. The van der Waals surface area contributed by atoms with Crippen LogP contribution >= 0.6 is 0 Å². The molecule has 4 nitrogen and oxygen atoms in total. The van der Waals surface area contributed by atoms with Crippen LogP contribution in [0.5, 0.6) is 0 Å². The first-order valence-electron chi connectivity index (χ1n) is 7.80. The van der Waals surface area contributed by atoms with Gasteiger partial charge in [-0.1, -0.05) is 30.3 Å². The molecular formula is C17H26N2O2. The molecule has 0 saturated carbocycles. The smallest absolute Gasteiger partial charge is 0.317 e. The first-order valence-corrected chi connectivity index (χ1v) is 7.80. The predicted octanol–water partition coefficient (Wildman–Crippen LogP) is 2.45. The lowest BCUT2D eigenvalue weighted by molar-refractivity contribution is -0.138. The van der Waals surface area contributed by atoms with Crippen LogP contribution < -0.4 is 0 Å². The van der Waals surface area contributed by atoms with Crippen molar-refractivity contribution in [2.45, 2.75) is 45.3 Å². The van der Waals surface area contributed by atoms with Crippen LogP contribution in [-0.4, -0.2) is 52.6 Å². The second-order valence-electron chi connectivity index (χ2n) is 6.18. The summed E-state index contributed by atoms with van der Waals surface area (Å²) in [5.74, 6) is -0.727. The monoisotopic (exact) mass is 290 g/mol. The largest absolute Gasteiger partial charge is 0.480 e. The van der Waals surface area contributed by atoms with Gasteiger partial charge in [0.1, 0.15) is 0 Å². The topological polar surface area (TPSA) is 43.8 Å². The van der Waals surface area contributed by atoms with Gasteiger partial charge in [0.05, 0.1) is 6.54 Å². The molecule has 1 aliphatic rings. The number of carboxylic acid groups (broad SMARTS) is 1. The molecule has 1 fully saturated rings. The number of benzene rings is 1. The van der Waals surface area contributed by atoms with E-state index >= 15 is 0 Å². The van der Waals surface area contributed by atoms with Gasteiger partial charge in [-0.3, -0.25) is 14.6 Å². The molecule has 1 aromatic carbocycles. The Morgan fingerprint density at radius 1 is 1.38 bits per heavy atom. The molecule has 1 N–H and O–H groups in total. The van der Waals surface area contributed by atoms with E-state index in [1.807, 2.05) is 6.07 Å². The zero-order chi connectivity index (χ0) is 15.2. The van der Waals surface area contributed by atoms with Crippen LogP contribution in [0.3, 0.4) is 0 Å². The molecule has 0 radical (unpaired) electrons. The Labute approximate surface area is 127 Å². The van der Waals surface area contributed by atoms with E-state index in [1.165, 1.54) is 5.56 Å². The highest BCUT2D eigenvalue weighted by molar-refractivity contribution is 5.69. The number of piperidine rings is 1. The van der Waals surface area contributed by atoms with Crippen LogP contribution in [0.1, 0.15) is 32.3 Å². The van der Waals surface area contributed by atoms with Crippen LogP contribution in [0.2, 0.25) is 0 Å². The van der Waals surface area contributed by atoms with Crippen LogP contribution in [0.4, 0.5) is 0 Å². The molecule has 2 rings (SSSR count). The van der Waals surface area contributed by atoms with E-state index in [0.717, 1.165) is 32.5 Å². The Hall–Kier alpha value is -1.39. The number of hydrogen-bond acceptors (Lipinski definition) is 3. The van der Waals surface area contributed by atoms with Gasteiger partial charge in [0.15, 0.2) is 0 Å². The Morgan fingerprint density at radius 3 is 2.71 bits per heavy atom. The fourth-order valence-corrected chi connectivity index (χ4v) is 3.16. The van der Waals surface area contributed by atoms with E-state index in [4.69, 9.17) is 5.11 Å². The van der Waals surface area contributed by atoms with Gasteiger partial charge in [0.25, 0.3) is 0 Å². The summed E-state index contributed by atoms with van der Waals surface area (Å²) < 4.78 is 0. The predicted molar refractivity (Wildman–Crippen MR) is 84.2 cm³/mol. The Bertz CT molecular complexity index is 447. The van der Waals surface area contributed by atoms with Crippen molar-refractivity contribution in [2.24, 2.45) is 0 Å². The van der Waals surface area contributed by atoms with Gasteiger partial charge >= 0.3 is 5.97 Å². The van der Waals surface area contributed by atoms with Crippen LogP contribution in [0, 0.1) is 0 Å². The molecule has 1 aromatic rings. The molecule has 0 unspecified atom stereocenters. The Morgan fingerprint density at radius 2 is 2.10 bits per heavy atom. The summed E-state index contributed by atoms with van der Waals surface area (Å²) in [7, 11) is 0. The van der Waals surface area contributed by atoms with Crippen molar-refractivity contribution >= 4 is 5.97 Å². The molecule has 0 aromatic heterocycles. The molecule has 0 aliphatic carbocycles. The van der Waals surface area contributed by atoms with Gasteiger partial charge in [-0.05, 0) is 38.8 Å². The zero-order valence-electron chi connectivity index (χ0n) is 13.0. The van der Waals surface area contributed by atoms with E-state index in [-0.39, 0.29) is 6.54 Å². The van der Waals surface area contributed by atoms with Crippen molar-refractivity contribution in [1.29, 1.82) is 0 Å². The molecule has 4 heteroatoms. The molecule has 0 amide bonds. The number of nitrogens with zero attached hydrogens (tertiary/aromatic N) is 2. The molecule has 21 heavy (non-hydrogen) atoms. The molecule has 0 spiro atoms. The highest BCUT2D eigenvalue weighted by Crippen LogP contribution is 2.20. The Kier molecular flexibility index (Phi) is 5.76. The summed E-state index contributed by atoms with van der Waals surface area (Å²) in [6.45, 7) is 7.30. The molecule has 1 atom stereocenters. The van der Waals surface area contributed by atoms with E-state index in [9.17, 15) is 4.79 Å². The minimum absolute atomic E-state index is 0.160. The number of likely N-dealkylation sites (tertiary alicyclic amines) is 1. The summed E-state index contributed by atoms with van der Waals surface area (Å²) >= 11 is 0. The lowest BCUT2D eigenvalue weighted by Crippen LogP contribution is -2.50. The third kappa shape index (κ3) is 4.83. The third-order valence-corrected chi connectivity index (χ3v) is 4.18. The number of carbonyl (C=O) groups is 1. The van der Waals surface area contributed by atoms with Crippen molar-refractivity contribution in [2.75, 3.05) is 19.6 Å². The summed E-state index contributed by atoms with van der Waals surface area (Å²) in [4.78, 5) is 15.5. The summed E-state index contributed by atoms with van der Waals surface area (Å²) in [6.07, 6.45) is 2.23. The van der Waals surface area contributed by atoms with Crippen molar-refractivity contribution < 1.29 is 9.90 Å². The average molecular weight is 290 g/mol. The molecule has 1 saturated heterocycles. The number of aliphatic carboxylic acids is 1. The van der Waals surface area contributed by atoms with E-state index < -0.39 is 5.97 Å². The lowest BCUT2D eigenvalue weighted by Gasteiger charge is -2.41. The van der Waals surface area contributed by atoms with Gasteiger partial charge < -0.3 is 5.11 Å². The highest BCUT2D eigenvalue weighted by Gasteiger charge is 2.27. The summed E-state index contributed by atoms with van der Waals surface area (Å²) in [5.41, 5.74) is 1.32. The van der Waals surface area contributed by atoms with Gasteiger partial charge in [-0.2, -0.15) is 0 Å². The minimum Gasteiger partial charge on any atom is -0.480 e. The van der Waals surface area contributed by atoms with Crippen molar-refractivity contribution in [1.82, 2.24) is 9.80 Å². The second-order valence-corrected chi connectivity index (χ2v) is 6.18. The fraction of sp³-hybridized carbons (Fsp3) is 0.588. The third-order valence-electron chi connectivity index (χ3n) is 4.18. The lowest BCUT2D eigenvalue weighted by atomic mass is 10.0. The summed E-state index contributed by atoms with van der Waals surface area (Å²) in [6, 6.07) is 11.4. The number of carboxylic acids is 1. The Balaban J connectivity index is 2.02. The maximum Gasteiger partial charge on any atom is 0.317 e. The second kappa shape index (κ2) is 7.57. The first-order chi connectivity index (χ1) is 10.1. The molecule has 1 aliphatic heterocycles. The molecule has 0 bridgehead atoms. The van der Waals surface area contributed by atoms with E-state index in [2.05, 4.69) is 47.9 Å². The van der Waals surface area contributed by atoms with E-state index in [0.29, 0.717) is 12.1 Å². The van der Waals surface area contributed by atoms with E-state index in [1.54, 1.807) is 0 Å². The molecular weight excluding hydrogens is 264 g/mol. The average Bonchev–Trinajstić information content (AvgIpc) is 2.45. The summed E-state index contributed by atoms with van der Waals surface area (Å²) in [5, 5.41) is 8.98. The standard InChI is InChI=1S/C17H26N2O2/c1-14(2)19(11-15-7-4-3-5-8-15)16-9-6-10-18(12-16)13-17(20)21/h3-5,7-8,14,16H,6,9-13H2,1-2H3,(H,20,21)/t16-/m1/s1. The maximum absolute atomic E-state index is 10.9. The van der Waals surface area contributed by atoms with Crippen molar-refractivity contribution in [3.8, 4) is 0 Å². The van der Waals surface area contributed by atoms with Crippen molar-refractivity contribution in [3.63, 3.8) is 0 Å². The quantitative estimate of drug-likeness (QED) is 0.874. The zero-order valence-corrected chi connectivity index (χ0v) is 13.0. The van der Waals surface area contributed by atoms with Gasteiger partial charge in [0, 0.05) is 25.2 Å². The van der Waals surface area contributed by atoms with Crippen LogP contribution in [0.25, 0.3) is 0 Å². The molecule has 116 valence electrons. The van der Waals surface area contributed by atoms with Gasteiger partial charge in [-0.15, -0.1) is 0 Å². The van der Waals surface area contributed by atoms with Gasteiger partial charge in [-0.25, -0.2) is 0 Å². The van der Waals surface area contributed by atoms with Crippen molar-refractivity contribution in [3.05, 3.63) is 35.9 Å². The normalized spacial score (nSPS) is 20.1. The maximum atomic E-state index is 10.9. The molecule has 1 heterocycles. The van der Waals surface area contributed by atoms with Crippen LogP contribution in [0.15, 0.2) is 30.3 Å². The fourth-order valence-electron chi connectivity index (χ4n) is 3.16.